The van der Waals surface area contributed by atoms with Crippen molar-refractivity contribution in [3.05, 3.63) is 94.8 Å². The quantitative estimate of drug-likeness (QED) is 0.578. The second kappa shape index (κ2) is 9.18. The fourth-order valence-electron chi connectivity index (χ4n) is 3.59. The van der Waals surface area contributed by atoms with Gasteiger partial charge in [0.05, 0.1) is 5.02 Å². The highest BCUT2D eigenvalue weighted by Crippen LogP contribution is 2.32. The van der Waals surface area contributed by atoms with Gasteiger partial charge in [-0.1, -0.05) is 60.1 Å². The number of para-hydroxylation sites is 1. The molecule has 0 fully saturated rings. The summed E-state index contributed by atoms with van der Waals surface area (Å²) in [5.41, 5.74) is 2.38. The Balaban J connectivity index is 1.53. The minimum absolute atomic E-state index is 0.0882. The van der Waals surface area contributed by atoms with E-state index in [0.29, 0.717) is 5.56 Å². The normalized spacial score (nSPS) is 16.1. The summed E-state index contributed by atoms with van der Waals surface area (Å²) in [6.07, 6.45) is -0.683. The first-order chi connectivity index (χ1) is 15.0. The van der Waals surface area contributed by atoms with E-state index < -0.39 is 11.9 Å². The van der Waals surface area contributed by atoms with Crippen molar-refractivity contribution in [2.45, 2.75) is 18.4 Å². The Bertz CT molecular complexity index is 1110. The molecular weight excluding hydrogens is 419 g/mol. The predicted octanol–water partition coefficient (Wildman–Crippen LogP) is 4.84. The first-order valence-electron chi connectivity index (χ1n) is 9.84. The summed E-state index contributed by atoms with van der Waals surface area (Å²) in [6.45, 7) is 0.278. The smallest absolute Gasteiger partial charge is 0.265 e. The summed E-state index contributed by atoms with van der Waals surface area (Å²) < 4.78 is 19.4. The molecule has 0 spiro atoms. The predicted molar refractivity (Wildman–Crippen MR) is 117 cm³/mol. The van der Waals surface area contributed by atoms with E-state index in [-0.39, 0.29) is 41.5 Å². The topological polar surface area (TPSA) is 67.4 Å². The lowest BCUT2D eigenvalue weighted by molar-refractivity contribution is -0.128. The SMILES string of the molecule is O=C1CC(CNC(=O)C(Oc2ccc(F)c(Cl)c2)c2ccccc2)c2ccccc2N1. The van der Waals surface area contributed by atoms with Gasteiger partial charge in [0.15, 0.2) is 0 Å². The van der Waals surface area contributed by atoms with Crippen molar-refractivity contribution in [3.63, 3.8) is 0 Å². The lowest BCUT2D eigenvalue weighted by atomic mass is 9.90. The van der Waals surface area contributed by atoms with Crippen LogP contribution in [0.2, 0.25) is 5.02 Å². The largest absolute Gasteiger partial charge is 0.476 e. The van der Waals surface area contributed by atoms with E-state index in [9.17, 15) is 14.0 Å². The van der Waals surface area contributed by atoms with Gasteiger partial charge >= 0.3 is 0 Å². The molecule has 2 amide bonds. The maximum Gasteiger partial charge on any atom is 0.265 e. The molecule has 0 radical (unpaired) electrons. The van der Waals surface area contributed by atoms with Crippen LogP contribution in [0.5, 0.6) is 5.75 Å². The van der Waals surface area contributed by atoms with Crippen molar-refractivity contribution >= 4 is 29.1 Å². The molecule has 0 bridgehead atoms. The van der Waals surface area contributed by atoms with Gasteiger partial charge in [-0.15, -0.1) is 0 Å². The minimum atomic E-state index is -0.963. The summed E-state index contributed by atoms with van der Waals surface area (Å²) in [5.74, 6) is -0.891. The Morgan fingerprint density at radius 3 is 2.65 bits per heavy atom. The first kappa shape index (κ1) is 20.9. The van der Waals surface area contributed by atoms with E-state index in [1.807, 2.05) is 30.3 Å². The summed E-state index contributed by atoms with van der Waals surface area (Å²) >= 11 is 5.85. The fraction of sp³-hybridized carbons (Fsp3) is 0.167. The first-order valence-corrected chi connectivity index (χ1v) is 10.2. The molecule has 1 aliphatic heterocycles. The van der Waals surface area contributed by atoms with Gasteiger partial charge in [-0.25, -0.2) is 4.39 Å². The molecule has 31 heavy (non-hydrogen) atoms. The van der Waals surface area contributed by atoms with E-state index in [1.54, 1.807) is 24.3 Å². The molecule has 2 N–H and O–H groups in total. The van der Waals surface area contributed by atoms with Gasteiger partial charge in [0.25, 0.3) is 5.91 Å². The number of carbonyl (C=O) groups is 2. The highest BCUT2D eigenvalue weighted by Gasteiger charge is 2.28. The van der Waals surface area contributed by atoms with Crippen molar-refractivity contribution in [2.24, 2.45) is 0 Å². The van der Waals surface area contributed by atoms with Gasteiger partial charge in [0.2, 0.25) is 12.0 Å². The minimum Gasteiger partial charge on any atom is -0.476 e. The zero-order valence-electron chi connectivity index (χ0n) is 16.5. The zero-order valence-corrected chi connectivity index (χ0v) is 17.2. The maximum atomic E-state index is 13.5. The lowest BCUT2D eigenvalue weighted by Gasteiger charge is -2.26. The van der Waals surface area contributed by atoms with Crippen LogP contribution in [0.4, 0.5) is 10.1 Å². The van der Waals surface area contributed by atoms with Crippen LogP contribution in [0.15, 0.2) is 72.8 Å². The number of nitrogens with one attached hydrogen (secondary N) is 2. The molecule has 0 aliphatic carbocycles. The molecule has 0 saturated heterocycles. The van der Waals surface area contributed by atoms with Gasteiger partial charge in [-0.2, -0.15) is 0 Å². The molecule has 3 aromatic carbocycles. The van der Waals surface area contributed by atoms with Crippen LogP contribution < -0.4 is 15.4 Å². The highest BCUT2D eigenvalue weighted by molar-refractivity contribution is 6.30. The monoisotopic (exact) mass is 438 g/mol. The molecule has 2 unspecified atom stereocenters. The van der Waals surface area contributed by atoms with E-state index >= 15 is 0 Å². The van der Waals surface area contributed by atoms with E-state index in [2.05, 4.69) is 10.6 Å². The third kappa shape index (κ3) is 4.86. The van der Waals surface area contributed by atoms with Crippen molar-refractivity contribution < 1.29 is 18.7 Å². The Labute approximate surface area is 184 Å². The van der Waals surface area contributed by atoms with Gasteiger partial charge in [-0.05, 0) is 23.8 Å². The Kier molecular flexibility index (Phi) is 6.18. The number of hydrogen-bond donors (Lipinski definition) is 2. The lowest BCUT2D eigenvalue weighted by Crippen LogP contribution is -2.37. The highest BCUT2D eigenvalue weighted by atomic mass is 35.5. The molecule has 0 saturated carbocycles. The number of halogens is 2. The molecule has 1 heterocycles. The summed E-state index contributed by atoms with van der Waals surface area (Å²) in [6, 6.07) is 20.5. The third-order valence-electron chi connectivity index (χ3n) is 5.11. The molecule has 1 aliphatic rings. The van der Waals surface area contributed by atoms with Crippen molar-refractivity contribution in [3.8, 4) is 5.75 Å². The molecule has 3 aromatic rings. The van der Waals surface area contributed by atoms with Gasteiger partial charge < -0.3 is 15.4 Å². The summed E-state index contributed by atoms with van der Waals surface area (Å²) in [5, 5.41) is 5.67. The average Bonchev–Trinajstić information content (AvgIpc) is 2.78. The molecule has 4 rings (SSSR count). The summed E-state index contributed by atoms with van der Waals surface area (Å²) in [4.78, 5) is 25.1. The molecular formula is C24H20ClFN2O3. The standard InChI is InChI=1S/C24H20ClFN2O3/c25-19-13-17(10-11-20(19)26)31-23(15-6-2-1-3-7-15)24(30)27-14-16-12-22(29)28-21-9-5-4-8-18(16)21/h1-11,13,16,23H,12,14H2,(H,27,30)(H,28,29). The second-order valence-corrected chi connectivity index (χ2v) is 7.67. The van der Waals surface area contributed by atoms with Crippen molar-refractivity contribution in [1.29, 1.82) is 0 Å². The van der Waals surface area contributed by atoms with E-state index in [4.69, 9.17) is 16.3 Å². The number of fused-ring (bicyclic) bond motifs is 1. The van der Waals surface area contributed by atoms with Crippen LogP contribution in [0.3, 0.4) is 0 Å². The number of carbonyl (C=O) groups excluding carboxylic acids is 2. The van der Waals surface area contributed by atoms with E-state index in [1.165, 1.54) is 18.2 Å². The molecule has 0 aromatic heterocycles. The Hall–Kier alpha value is -3.38. The number of anilines is 1. The van der Waals surface area contributed by atoms with Crippen LogP contribution >= 0.6 is 11.6 Å². The number of amides is 2. The Morgan fingerprint density at radius 2 is 1.87 bits per heavy atom. The second-order valence-electron chi connectivity index (χ2n) is 7.27. The Morgan fingerprint density at radius 1 is 1.13 bits per heavy atom. The van der Waals surface area contributed by atoms with E-state index in [0.717, 1.165) is 11.3 Å². The molecule has 5 nitrogen and oxygen atoms in total. The number of rotatable bonds is 6. The average molecular weight is 439 g/mol. The maximum absolute atomic E-state index is 13.5. The van der Waals surface area contributed by atoms with Gasteiger partial charge in [0.1, 0.15) is 11.6 Å². The number of ether oxygens (including phenoxy) is 1. The van der Waals surface area contributed by atoms with Crippen molar-refractivity contribution in [1.82, 2.24) is 5.32 Å². The van der Waals surface area contributed by atoms with Crippen LogP contribution in [-0.4, -0.2) is 18.4 Å². The van der Waals surface area contributed by atoms with Crippen LogP contribution in [0, 0.1) is 5.82 Å². The third-order valence-corrected chi connectivity index (χ3v) is 5.40. The number of benzene rings is 3. The van der Waals surface area contributed by atoms with Crippen LogP contribution in [-0.2, 0) is 9.59 Å². The van der Waals surface area contributed by atoms with Gasteiger partial charge in [0, 0.05) is 36.2 Å². The zero-order chi connectivity index (χ0) is 21.8. The molecule has 158 valence electrons. The fourth-order valence-corrected chi connectivity index (χ4v) is 3.76. The van der Waals surface area contributed by atoms with Crippen LogP contribution in [0.1, 0.15) is 29.6 Å². The van der Waals surface area contributed by atoms with Crippen molar-refractivity contribution in [2.75, 3.05) is 11.9 Å². The molecule has 2 atom stereocenters. The number of hydrogen-bond acceptors (Lipinski definition) is 3. The molecule has 7 heteroatoms. The summed E-state index contributed by atoms with van der Waals surface area (Å²) in [7, 11) is 0. The van der Waals surface area contributed by atoms with Gasteiger partial charge in [-0.3, -0.25) is 9.59 Å². The van der Waals surface area contributed by atoms with Crippen LogP contribution in [0.25, 0.3) is 0 Å².